The highest BCUT2D eigenvalue weighted by Gasteiger charge is 2.30. The van der Waals surface area contributed by atoms with Gasteiger partial charge in [-0.2, -0.15) is 22.0 Å². The molecule has 0 saturated carbocycles. The summed E-state index contributed by atoms with van der Waals surface area (Å²) in [7, 11) is 0. The highest BCUT2D eigenvalue weighted by atomic mass is 19.4. The maximum Gasteiger partial charge on any atom is 0.416 e. The van der Waals surface area contributed by atoms with Crippen LogP contribution in [-0.4, -0.2) is 4.57 Å². The molecule has 20 heavy (non-hydrogen) atoms. The molecule has 0 atom stereocenters. The van der Waals surface area contributed by atoms with Crippen LogP contribution in [0, 0.1) is 0 Å². The summed E-state index contributed by atoms with van der Waals surface area (Å²) >= 11 is 0. The Morgan fingerprint density at radius 3 is 2.35 bits per heavy atom. The van der Waals surface area contributed by atoms with Gasteiger partial charge in [0.25, 0.3) is 0 Å². The van der Waals surface area contributed by atoms with Crippen LogP contribution in [0.4, 0.5) is 22.0 Å². The van der Waals surface area contributed by atoms with Crippen LogP contribution < -0.4 is 5.43 Å². The Kier molecular flexibility index (Phi) is 3.61. The van der Waals surface area contributed by atoms with E-state index in [9.17, 15) is 26.7 Å². The molecule has 0 saturated heterocycles. The predicted octanol–water partition coefficient (Wildman–Crippen LogP) is 3.93. The second-order valence-electron chi connectivity index (χ2n) is 4.01. The van der Waals surface area contributed by atoms with Crippen LogP contribution in [0.3, 0.4) is 0 Å². The number of alkyl halides is 5. The highest BCUT2D eigenvalue weighted by molar-refractivity contribution is 5.60. The van der Waals surface area contributed by atoms with Gasteiger partial charge in [-0.25, -0.2) is 0 Å². The third kappa shape index (κ3) is 2.87. The lowest BCUT2D eigenvalue weighted by Crippen LogP contribution is -2.10. The van der Waals surface area contributed by atoms with E-state index in [0.717, 1.165) is 36.5 Å². The van der Waals surface area contributed by atoms with E-state index in [0.29, 0.717) is 4.57 Å². The molecular formula is C13H8F5NO. The summed E-state index contributed by atoms with van der Waals surface area (Å²) in [6.07, 6.45) is -3.73. The van der Waals surface area contributed by atoms with E-state index in [1.54, 1.807) is 0 Å². The quantitative estimate of drug-likeness (QED) is 0.768. The SMILES string of the molecule is O=c1ccn(C(F)F)c(-c2cccc(C(F)(F)F)c2)c1. The Morgan fingerprint density at radius 1 is 1.05 bits per heavy atom. The lowest BCUT2D eigenvalue weighted by Gasteiger charge is -2.14. The highest BCUT2D eigenvalue weighted by Crippen LogP contribution is 2.32. The van der Waals surface area contributed by atoms with Gasteiger partial charge in [0.15, 0.2) is 5.43 Å². The molecule has 1 aromatic heterocycles. The van der Waals surface area contributed by atoms with E-state index in [1.165, 1.54) is 6.07 Å². The van der Waals surface area contributed by atoms with Gasteiger partial charge in [0, 0.05) is 18.3 Å². The smallest absolute Gasteiger partial charge is 0.291 e. The topological polar surface area (TPSA) is 22.0 Å². The van der Waals surface area contributed by atoms with Gasteiger partial charge in [-0.1, -0.05) is 12.1 Å². The van der Waals surface area contributed by atoms with E-state index in [-0.39, 0.29) is 11.3 Å². The van der Waals surface area contributed by atoms with Gasteiger partial charge in [-0.05, 0) is 17.7 Å². The Morgan fingerprint density at radius 2 is 1.75 bits per heavy atom. The molecule has 0 unspecified atom stereocenters. The van der Waals surface area contributed by atoms with Crippen molar-refractivity contribution >= 4 is 0 Å². The Hall–Kier alpha value is -2.18. The molecule has 2 nitrogen and oxygen atoms in total. The van der Waals surface area contributed by atoms with Crippen LogP contribution in [-0.2, 0) is 6.18 Å². The van der Waals surface area contributed by atoms with Gasteiger partial charge in [-0.15, -0.1) is 0 Å². The van der Waals surface area contributed by atoms with E-state index in [1.807, 2.05) is 0 Å². The second-order valence-corrected chi connectivity index (χ2v) is 4.01. The largest absolute Gasteiger partial charge is 0.416 e. The molecule has 0 bridgehead atoms. The molecule has 0 N–H and O–H groups in total. The number of nitrogens with zero attached hydrogens (tertiary/aromatic N) is 1. The lowest BCUT2D eigenvalue weighted by molar-refractivity contribution is -0.137. The Bertz CT molecular complexity index is 675. The summed E-state index contributed by atoms with van der Waals surface area (Å²) in [5.41, 5.74) is -1.89. The molecule has 0 aliphatic rings. The minimum atomic E-state index is -4.58. The molecule has 106 valence electrons. The van der Waals surface area contributed by atoms with Gasteiger partial charge < -0.3 is 0 Å². The Labute approximate surface area is 110 Å². The standard InChI is InChI=1S/C13H8F5NO/c14-12(15)19-5-4-10(20)7-11(19)8-2-1-3-9(6-8)13(16,17)18/h1-7,12H. The van der Waals surface area contributed by atoms with Crippen molar-refractivity contribution in [3.05, 3.63) is 58.4 Å². The second kappa shape index (κ2) is 5.07. The molecular weight excluding hydrogens is 281 g/mol. The van der Waals surface area contributed by atoms with Crippen LogP contribution >= 0.6 is 0 Å². The first kappa shape index (κ1) is 14.2. The number of halogens is 5. The minimum absolute atomic E-state index is 0.0992. The minimum Gasteiger partial charge on any atom is -0.291 e. The lowest BCUT2D eigenvalue weighted by atomic mass is 10.1. The predicted molar refractivity (Wildman–Crippen MR) is 62.4 cm³/mol. The molecule has 7 heteroatoms. The van der Waals surface area contributed by atoms with Crippen molar-refractivity contribution < 1.29 is 22.0 Å². The van der Waals surface area contributed by atoms with Crippen LogP contribution in [0.25, 0.3) is 11.3 Å². The van der Waals surface area contributed by atoms with Crippen molar-refractivity contribution in [2.45, 2.75) is 12.7 Å². The summed E-state index contributed by atoms with van der Waals surface area (Å²) < 4.78 is 63.9. The molecule has 2 rings (SSSR count). The molecule has 0 aliphatic carbocycles. The molecule has 0 fully saturated rings. The van der Waals surface area contributed by atoms with Crippen LogP contribution in [0.5, 0.6) is 0 Å². The van der Waals surface area contributed by atoms with E-state index < -0.39 is 23.7 Å². The van der Waals surface area contributed by atoms with E-state index in [2.05, 4.69) is 0 Å². The summed E-state index contributed by atoms with van der Waals surface area (Å²) in [6, 6.07) is 5.70. The summed E-state index contributed by atoms with van der Waals surface area (Å²) in [5.74, 6) is 0. The van der Waals surface area contributed by atoms with Crippen LogP contribution in [0.2, 0.25) is 0 Å². The van der Waals surface area contributed by atoms with Crippen LogP contribution in [0.1, 0.15) is 12.1 Å². The molecule has 1 heterocycles. The fourth-order valence-electron chi connectivity index (χ4n) is 1.75. The number of pyridine rings is 1. The van der Waals surface area contributed by atoms with Crippen molar-refractivity contribution in [3.63, 3.8) is 0 Å². The van der Waals surface area contributed by atoms with E-state index in [4.69, 9.17) is 0 Å². The Balaban J connectivity index is 2.62. The van der Waals surface area contributed by atoms with E-state index >= 15 is 0 Å². The monoisotopic (exact) mass is 289 g/mol. The van der Waals surface area contributed by atoms with Crippen molar-refractivity contribution in [2.75, 3.05) is 0 Å². The molecule has 0 radical (unpaired) electrons. The first-order valence-corrected chi connectivity index (χ1v) is 5.47. The molecule has 2 aromatic rings. The summed E-state index contributed by atoms with van der Waals surface area (Å²) in [6.45, 7) is -2.96. The van der Waals surface area contributed by atoms with Gasteiger partial charge in [0.05, 0.1) is 11.3 Å². The fraction of sp³-hybridized carbons (Fsp3) is 0.154. The number of benzene rings is 1. The first-order chi connectivity index (χ1) is 9.29. The maximum absolute atomic E-state index is 12.8. The fourth-order valence-corrected chi connectivity index (χ4v) is 1.75. The molecule has 0 amide bonds. The zero-order chi connectivity index (χ0) is 14.9. The van der Waals surface area contributed by atoms with Crippen molar-refractivity contribution in [2.24, 2.45) is 0 Å². The number of rotatable bonds is 2. The van der Waals surface area contributed by atoms with Gasteiger partial charge in [-0.3, -0.25) is 9.36 Å². The van der Waals surface area contributed by atoms with Crippen molar-refractivity contribution in [1.29, 1.82) is 0 Å². The summed E-state index contributed by atoms with van der Waals surface area (Å²) in [5, 5.41) is 0. The third-order valence-corrected chi connectivity index (χ3v) is 2.65. The maximum atomic E-state index is 12.8. The molecule has 0 aliphatic heterocycles. The molecule has 1 aromatic carbocycles. The van der Waals surface area contributed by atoms with Crippen molar-refractivity contribution in [1.82, 2.24) is 4.57 Å². The zero-order valence-corrected chi connectivity index (χ0v) is 9.86. The van der Waals surface area contributed by atoms with Crippen molar-refractivity contribution in [3.8, 4) is 11.3 Å². The van der Waals surface area contributed by atoms with Gasteiger partial charge in [0.2, 0.25) is 0 Å². The first-order valence-electron chi connectivity index (χ1n) is 5.47. The third-order valence-electron chi connectivity index (χ3n) is 2.65. The number of hydrogen-bond acceptors (Lipinski definition) is 1. The summed E-state index contributed by atoms with van der Waals surface area (Å²) in [4.78, 5) is 11.2. The van der Waals surface area contributed by atoms with Gasteiger partial charge >= 0.3 is 12.7 Å². The molecule has 0 spiro atoms. The van der Waals surface area contributed by atoms with Gasteiger partial charge in [0.1, 0.15) is 0 Å². The average molecular weight is 289 g/mol. The average Bonchev–Trinajstić information content (AvgIpc) is 2.37. The normalized spacial score (nSPS) is 11.9. The number of aromatic nitrogens is 1. The zero-order valence-electron chi connectivity index (χ0n) is 9.86. The van der Waals surface area contributed by atoms with Crippen LogP contribution in [0.15, 0.2) is 47.4 Å². The number of hydrogen-bond donors (Lipinski definition) is 0.